The Kier molecular flexibility index (Phi) is 5.20. The maximum Gasteiger partial charge on any atom is 0.227 e. The molecule has 0 fully saturated rings. The highest BCUT2D eigenvalue weighted by Gasteiger charge is 2.36. The van der Waals surface area contributed by atoms with Crippen LogP contribution in [0.25, 0.3) is 0 Å². The molecule has 30 heavy (non-hydrogen) atoms. The first kappa shape index (κ1) is 19.5. The Labute approximate surface area is 185 Å². The molecule has 152 valence electrons. The fourth-order valence-electron chi connectivity index (χ4n) is 3.91. The van der Waals surface area contributed by atoms with E-state index in [-0.39, 0.29) is 17.6 Å². The molecule has 2 aliphatic rings. The monoisotopic (exact) mass is 484 g/mol. The first-order chi connectivity index (χ1) is 14.6. The summed E-state index contributed by atoms with van der Waals surface area (Å²) in [5, 5.41) is 8.69. The van der Waals surface area contributed by atoms with Crippen LogP contribution in [0, 0.1) is 5.82 Å². The van der Waals surface area contributed by atoms with Crippen LogP contribution in [-0.4, -0.2) is 20.5 Å². The molecule has 1 aliphatic carbocycles. The van der Waals surface area contributed by atoms with Crippen LogP contribution in [0.1, 0.15) is 36.4 Å². The molecule has 5 rings (SSSR count). The fourth-order valence-corrected chi connectivity index (χ4v) is 5.11. The summed E-state index contributed by atoms with van der Waals surface area (Å²) in [5.74, 6) is 1.20. The molecule has 0 spiro atoms. The molecule has 1 aromatic heterocycles. The van der Waals surface area contributed by atoms with Crippen molar-refractivity contribution in [3.63, 3.8) is 0 Å². The highest BCUT2D eigenvalue weighted by Crippen LogP contribution is 2.41. The van der Waals surface area contributed by atoms with Crippen molar-refractivity contribution in [3.05, 3.63) is 81.2 Å². The number of fused-ring (bicyclic) bond motifs is 1. The maximum absolute atomic E-state index is 13.1. The molecule has 0 amide bonds. The average Bonchev–Trinajstić information content (AvgIpc) is 3.14. The molecule has 0 bridgehead atoms. The number of ketones is 1. The van der Waals surface area contributed by atoms with Crippen LogP contribution in [0.5, 0.6) is 0 Å². The van der Waals surface area contributed by atoms with Crippen molar-refractivity contribution in [1.29, 1.82) is 0 Å². The third-order valence-corrected chi connectivity index (χ3v) is 6.70. The van der Waals surface area contributed by atoms with Gasteiger partial charge in [0.15, 0.2) is 5.78 Å². The van der Waals surface area contributed by atoms with Crippen LogP contribution in [0.2, 0.25) is 0 Å². The van der Waals surface area contributed by atoms with Crippen molar-refractivity contribution in [2.24, 2.45) is 0 Å². The van der Waals surface area contributed by atoms with Gasteiger partial charge in [-0.1, -0.05) is 52.0 Å². The minimum Gasteiger partial charge on any atom is -0.328 e. The zero-order valence-corrected chi connectivity index (χ0v) is 18.3. The normalized spacial score (nSPS) is 18.1. The second-order valence-electron chi connectivity index (χ2n) is 7.33. The van der Waals surface area contributed by atoms with Gasteiger partial charge in [0.25, 0.3) is 0 Å². The zero-order chi connectivity index (χ0) is 20.7. The van der Waals surface area contributed by atoms with Crippen LogP contribution in [0.4, 0.5) is 10.3 Å². The first-order valence-corrected chi connectivity index (χ1v) is 11.5. The van der Waals surface area contributed by atoms with E-state index >= 15 is 0 Å². The van der Waals surface area contributed by atoms with Gasteiger partial charge < -0.3 is 5.32 Å². The second kappa shape index (κ2) is 8.00. The third-order valence-electron chi connectivity index (χ3n) is 5.29. The molecule has 3 aromatic rings. The summed E-state index contributed by atoms with van der Waals surface area (Å²) >= 11 is 5.03. The standard InChI is InChI=1S/C22H18BrFN4OS/c23-15-4-1-3-14(11-15)20-19-17(5-2-6-18(19)29)25-21-26-22(27-28(20)21)30-12-13-7-9-16(24)10-8-13/h1,3-4,7-11,20H,2,5-6,12H2,(H,25,26,27)/t20-/m1/s1. The number of nitrogens with one attached hydrogen (secondary N) is 1. The molecule has 0 unspecified atom stereocenters. The lowest BCUT2D eigenvalue weighted by Crippen LogP contribution is -2.31. The number of thioether (sulfide) groups is 1. The number of aromatic nitrogens is 3. The van der Waals surface area contributed by atoms with E-state index in [1.54, 1.807) is 12.1 Å². The highest BCUT2D eigenvalue weighted by atomic mass is 79.9. The number of rotatable bonds is 4. The smallest absolute Gasteiger partial charge is 0.227 e. The van der Waals surface area contributed by atoms with E-state index in [0.717, 1.165) is 39.7 Å². The summed E-state index contributed by atoms with van der Waals surface area (Å²) < 4.78 is 15.9. The molecular weight excluding hydrogens is 467 g/mol. The van der Waals surface area contributed by atoms with E-state index in [0.29, 0.717) is 23.3 Å². The predicted octanol–water partition coefficient (Wildman–Crippen LogP) is 5.49. The Hall–Kier alpha value is -2.45. The molecule has 8 heteroatoms. The quantitative estimate of drug-likeness (QED) is 0.495. The summed E-state index contributed by atoms with van der Waals surface area (Å²) in [6.45, 7) is 0. The largest absolute Gasteiger partial charge is 0.328 e. The number of carbonyl (C=O) groups is 1. The van der Waals surface area contributed by atoms with Gasteiger partial charge in [0, 0.05) is 27.9 Å². The van der Waals surface area contributed by atoms with E-state index in [2.05, 4.69) is 26.2 Å². The van der Waals surface area contributed by atoms with E-state index in [1.807, 2.05) is 28.9 Å². The number of Topliss-reactive ketones (excluding diaryl/α,β-unsaturated/α-hetero) is 1. The van der Waals surface area contributed by atoms with Gasteiger partial charge in [0.1, 0.15) is 11.9 Å². The van der Waals surface area contributed by atoms with Crippen molar-refractivity contribution >= 4 is 39.4 Å². The summed E-state index contributed by atoms with van der Waals surface area (Å²) in [6, 6.07) is 14.1. The van der Waals surface area contributed by atoms with Crippen LogP contribution in [0.3, 0.4) is 0 Å². The van der Waals surface area contributed by atoms with Crippen molar-refractivity contribution in [2.75, 3.05) is 5.32 Å². The van der Waals surface area contributed by atoms with Crippen LogP contribution in [0.15, 0.2) is 69.4 Å². The Balaban J connectivity index is 1.50. The van der Waals surface area contributed by atoms with E-state index in [4.69, 9.17) is 5.10 Å². The van der Waals surface area contributed by atoms with E-state index in [9.17, 15) is 9.18 Å². The number of hydrogen-bond acceptors (Lipinski definition) is 5. The molecule has 1 aliphatic heterocycles. The Bertz CT molecular complexity index is 1160. The molecule has 2 aromatic carbocycles. The van der Waals surface area contributed by atoms with E-state index in [1.165, 1.54) is 23.9 Å². The van der Waals surface area contributed by atoms with Gasteiger partial charge in [-0.25, -0.2) is 9.07 Å². The molecule has 1 N–H and O–H groups in total. The maximum atomic E-state index is 13.1. The molecule has 5 nitrogen and oxygen atoms in total. The predicted molar refractivity (Wildman–Crippen MR) is 118 cm³/mol. The van der Waals surface area contributed by atoms with Crippen molar-refractivity contribution in [2.45, 2.75) is 36.2 Å². The summed E-state index contributed by atoms with van der Waals surface area (Å²) in [7, 11) is 0. The lowest BCUT2D eigenvalue weighted by molar-refractivity contribution is -0.116. The minimum absolute atomic E-state index is 0.162. The molecule has 1 atom stereocenters. The number of benzene rings is 2. The van der Waals surface area contributed by atoms with Crippen molar-refractivity contribution in [1.82, 2.24) is 14.8 Å². The zero-order valence-electron chi connectivity index (χ0n) is 15.9. The number of carbonyl (C=O) groups excluding carboxylic acids is 1. The molecule has 0 radical (unpaired) electrons. The van der Waals surface area contributed by atoms with Gasteiger partial charge in [-0.2, -0.15) is 4.98 Å². The molecule has 2 heterocycles. The minimum atomic E-state index is -0.297. The van der Waals surface area contributed by atoms with Gasteiger partial charge >= 0.3 is 0 Å². The third kappa shape index (κ3) is 3.70. The van der Waals surface area contributed by atoms with Crippen LogP contribution < -0.4 is 5.32 Å². The van der Waals surface area contributed by atoms with Gasteiger partial charge in [0.2, 0.25) is 11.1 Å². The lowest BCUT2D eigenvalue weighted by atomic mass is 9.85. The van der Waals surface area contributed by atoms with Gasteiger partial charge in [-0.3, -0.25) is 4.79 Å². The highest BCUT2D eigenvalue weighted by molar-refractivity contribution is 9.10. The van der Waals surface area contributed by atoms with Gasteiger partial charge in [0.05, 0.1) is 0 Å². The van der Waals surface area contributed by atoms with Gasteiger partial charge in [-0.15, -0.1) is 5.10 Å². The topological polar surface area (TPSA) is 59.8 Å². The Morgan fingerprint density at radius 2 is 2.03 bits per heavy atom. The summed E-state index contributed by atoms with van der Waals surface area (Å²) in [5.41, 5.74) is 3.73. The first-order valence-electron chi connectivity index (χ1n) is 9.71. The second-order valence-corrected chi connectivity index (χ2v) is 9.19. The lowest BCUT2D eigenvalue weighted by Gasteiger charge is -2.32. The summed E-state index contributed by atoms with van der Waals surface area (Å²) in [4.78, 5) is 17.5. The summed E-state index contributed by atoms with van der Waals surface area (Å²) in [6.07, 6.45) is 2.23. The van der Waals surface area contributed by atoms with E-state index < -0.39 is 0 Å². The van der Waals surface area contributed by atoms with Crippen molar-refractivity contribution < 1.29 is 9.18 Å². The number of hydrogen-bond donors (Lipinski definition) is 1. The number of allylic oxidation sites excluding steroid dienone is 2. The number of halogens is 2. The fraction of sp³-hybridized carbons (Fsp3) is 0.227. The van der Waals surface area contributed by atoms with Crippen molar-refractivity contribution in [3.8, 4) is 0 Å². The van der Waals surface area contributed by atoms with Gasteiger partial charge in [-0.05, 0) is 48.2 Å². The average molecular weight is 485 g/mol. The molecule has 0 saturated carbocycles. The Morgan fingerprint density at radius 3 is 2.83 bits per heavy atom. The molecule has 0 saturated heterocycles. The van der Waals surface area contributed by atoms with Crippen LogP contribution in [-0.2, 0) is 10.5 Å². The number of nitrogens with zero attached hydrogens (tertiary/aromatic N) is 3. The number of anilines is 1. The molecular formula is C22H18BrFN4OS. The Morgan fingerprint density at radius 1 is 1.20 bits per heavy atom. The van der Waals surface area contributed by atoms with Crippen LogP contribution >= 0.6 is 27.7 Å². The SMILES string of the molecule is O=C1CCCC2=C1[C@@H](c1cccc(Br)c1)n1nc(SCc3ccc(F)cc3)nc1N2.